The van der Waals surface area contributed by atoms with Gasteiger partial charge in [0.05, 0.1) is 35.6 Å². The number of carbonyl (C=O) groups is 1. The van der Waals surface area contributed by atoms with Gasteiger partial charge in [0.25, 0.3) is 5.56 Å². The van der Waals surface area contributed by atoms with Crippen LogP contribution in [0.25, 0.3) is 6.08 Å². The summed E-state index contributed by atoms with van der Waals surface area (Å²) in [6.45, 7) is 11.9. The van der Waals surface area contributed by atoms with E-state index in [2.05, 4.69) is 18.7 Å². The van der Waals surface area contributed by atoms with E-state index in [1.807, 2.05) is 62.4 Å². The highest BCUT2D eigenvalue weighted by atomic mass is 32.1. The fourth-order valence-corrected chi connectivity index (χ4v) is 6.02. The highest BCUT2D eigenvalue weighted by Crippen LogP contribution is 2.36. The van der Waals surface area contributed by atoms with Gasteiger partial charge in [0.15, 0.2) is 4.80 Å². The van der Waals surface area contributed by atoms with Crippen LogP contribution in [0.4, 0.5) is 5.69 Å². The number of ether oxygens (including phenoxy) is 4. The van der Waals surface area contributed by atoms with Gasteiger partial charge >= 0.3 is 5.97 Å². The maximum atomic E-state index is 14.1. The standard InChI is InChI=1S/C32H39N3O6S/c1-8-34(9-2)23-15-14-22(26(19-23)39-7)18-27-30(36)35-29(24-12-10-11-13-25(24)41-20(3)4)28(21(5)33-32(35)42-27)31(37)40-17-16-38-6/h10-15,18-20,29H,8-9,16-17H2,1-7H3/b27-18+/t29-/m0/s1. The predicted molar refractivity (Wildman–Crippen MR) is 165 cm³/mol. The third-order valence-corrected chi connectivity index (χ3v) is 7.95. The van der Waals surface area contributed by atoms with E-state index >= 15 is 0 Å². The van der Waals surface area contributed by atoms with Crippen LogP contribution in [0.1, 0.15) is 51.8 Å². The van der Waals surface area contributed by atoms with Crippen LogP contribution in [-0.4, -0.2) is 57.2 Å². The third-order valence-electron chi connectivity index (χ3n) is 6.97. The van der Waals surface area contributed by atoms with Crippen molar-refractivity contribution >= 4 is 29.1 Å². The van der Waals surface area contributed by atoms with Crippen LogP contribution in [0.3, 0.4) is 0 Å². The largest absolute Gasteiger partial charge is 0.496 e. The van der Waals surface area contributed by atoms with E-state index in [1.54, 1.807) is 18.6 Å². The Morgan fingerprint density at radius 2 is 1.83 bits per heavy atom. The molecule has 3 aromatic rings. The topological polar surface area (TPSA) is 91.6 Å². The average Bonchev–Trinajstić information content (AvgIpc) is 3.27. The molecule has 1 atom stereocenters. The molecule has 42 heavy (non-hydrogen) atoms. The zero-order valence-electron chi connectivity index (χ0n) is 25.3. The van der Waals surface area contributed by atoms with Crippen LogP contribution in [0.2, 0.25) is 0 Å². The summed E-state index contributed by atoms with van der Waals surface area (Å²) in [5.74, 6) is 0.689. The minimum absolute atomic E-state index is 0.0800. The molecule has 0 unspecified atom stereocenters. The minimum atomic E-state index is -0.791. The highest BCUT2D eigenvalue weighted by Gasteiger charge is 2.35. The molecule has 0 aliphatic carbocycles. The van der Waals surface area contributed by atoms with Crippen molar-refractivity contribution in [3.63, 3.8) is 0 Å². The van der Waals surface area contributed by atoms with Crippen molar-refractivity contribution in [2.75, 3.05) is 45.4 Å². The molecule has 0 N–H and O–H groups in total. The molecule has 1 aliphatic rings. The van der Waals surface area contributed by atoms with Crippen LogP contribution in [-0.2, 0) is 14.3 Å². The number of hydrogen-bond donors (Lipinski definition) is 0. The van der Waals surface area contributed by atoms with E-state index in [4.69, 9.17) is 23.9 Å². The molecule has 9 nitrogen and oxygen atoms in total. The number of carbonyl (C=O) groups excluding carboxylic acids is 1. The summed E-state index contributed by atoms with van der Waals surface area (Å²) < 4.78 is 24.5. The van der Waals surface area contributed by atoms with Gasteiger partial charge in [0, 0.05) is 43.1 Å². The summed E-state index contributed by atoms with van der Waals surface area (Å²) >= 11 is 1.27. The van der Waals surface area contributed by atoms with Crippen LogP contribution in [0.5, 0.6) is 11.5 Å². The molecule has 0 radical (unpaired) electrons. The van der Waals surface area contributed by atoms with E-state index < -0.39 is 12.0 Å². The molecule has 0 amide bonds. The Labute approximate surface area is 250 Å². The second-order valence-corrected chi connectivity index (χ2v) is 11.0. The van der Waals surface area contributed by atoms with E-state index in [0.29, 0.717) is 32.1 Å². The van der Waals surface area contributed by atoms with Crippen molar-refractivity contribution < 1.29 is 23.7 Å². The fraction of sp³-hybridized carbons (Fsp3) is 0.406. The zero-order chi connectivity index (χ0) is 30.4. The van der Waals surface area contributed by atoms with Gasteiger partial charge in [-0.15, -0.1) is 0 Å². The molecular formula is C32H39N3O6S. The molecule has 0 fully saturated rings. The lowest BCUT2D eigenvalue weighted by Gasteiger charge is -2.27. The number of rotatable bonds is 12. The number of allylic oxidation sites excluding steroid dienone is 1. The number of aromatic nitrogens is 1. The first-order valence-electron chi connectivity index (χ1n) is 14.1. The lowest BCUT2D eigenvalue weighted by molar-refractivity contribution is -0.140. The normalized spacial score (nSPS) is 15.0. The van der Waals surface area contributed by atoms with Crippen LogP contribution in [0.15, 0.2) is 63.5 Å². The van der Waals surface area contributed by atoms with Gasteiger partial charge in [-0.05, 0) is 58.9 Å². The second kappa shape index (κ2) is 13.8. The smallest absolute Gasteiger partial charge is 0.338 e. The zero-order valence-corrected chi connectivity index (χ0v) is 26.1. The average molecular weight is 594 g/mol. The Morgan fingerprint density at radius 1 is 1.10 bits per heavy atom. The quantitative estimate of drug-likeness (QED) is 0.231. The molecule has 4 rings (SSSR count). The number of methoxy groups -OCH3 is 2. The molecule has 10 heteroatoms. The van der Waals surface area contributed by atoms with Crippen LogP contribution < -0.4 is 29.3 Å². The Hall–Kier alpha value is -3.89. The van der Waals surface area contributed by atoms with Gasteiger partial charge in [-0.2, -0.15) is 0 Å². The molecule has 1 aliphatic heterocycles. The Bertz CT molecular complexity index is 1630. The van der Waals surface area contributed by atoms with Gasteiger partial charge in [-0.1, -0.05) is 29.5 Å². The van der Waals surface area contributed by atoms with Crippen molar-refractivity contribution in [2.45, 2.75) is 46.8 Å². The molecule has 224 valence electrons. The van der Waals surface area contributed by atoms with Crippen LogP contribution in [0, 0.1) is 0 Å². The van der Waals surface area contributed by atoms with Crippen LogP contribution >= 0.6 is 11.3 Å². The Morgan fingerprint density at radius 3 is 2.50 bits per heavy atom. The number of anilines is 1. The molecular weight excluding hydrogens is 554 g/mol. The van der Waals surface area contributed by atoms with Crippen molar-refractivity contribution in [2.24, 2.45) is 4.99 Å². The van der Waals surface area contributed by atoms with Gasteiger partial charge < -0.3 is 23.8 Å². The Balaban J connectivity index is 1.91. The molecule has 0 spiro atoms. The molecule has 2 heterocycles. The number of thiazole rings is 1. The predicted octanol–water partition coefficient (Wildman–Crippen LogP) is 4.07. The van der Waals surface area contributed by atoms with E-state index in [9.17, 15) is 9.59 Å². The first-order valence-corrected chi connectivity index (χ1v) is 14.9. The monoisotopic (exact) mass is 593 g/mol. The fourth-order valence-electron chi connectivity index (χ4n) is 4.99. The van der Waals surface area contributed by atoms with Gasteiger partial charge in [-0.3, -0.25) is 9.36 Å². The van der Waals surface area contributed by atoms with E-state index in [0.717, 1.165) is 24.3 Å². The number of esters is 1. The first-order chi connectivity index (χ1) is 20.2. The van der Waals surface area contributed by atoms with E-state index in [1.165, 1.54) is 18.4 Å². The lowest BCUT2D eigenvalue weighted by atomic mass is 9.95. The van der Waals surface area contributed by atoms with Crippen molar-refractivity contribution in [1.82, 2.24) is 4.57 Å². The van der Waals surface area contributed by atoms with Gasteiger partial charge in [0.2, 0.25) is 0 Å². The number of para-hydroxylation sites is 1. The summed E-state index contributed by atoms with van der Waals surface area (Å²) in [6, 6.07) is 12.6. The number of fused-ring (bicyclic) bond motifs is 1. The third kappa shape index (κ3) is 6.44. The van der Waals surface area contributed by atoms with Gasteiger partial charge in [0.1, 0.15) is 24.1 Å². The first kappa shape index (κ1) is 31.1. The number of nitrogens with zero attached hydrogens (tertiary/aromatic N) is 3. The number of hydrogen-bond acceptors (Lipinski definition) is 9. The molecule has 0 bridgehead atoms. The van der Waals surface area contributed by atoms with E-state index in [-0.39, 0.29) is 30.5 Å². The minimum Gasteiger partial charge on any atom is -0.496 e. The van der Waals surface area contributed by atoms with Gasteiger partial charge in [-0.25, -0.2) is 9.79 Å². The van der Waals surface area contributed by atoms with Crippen molar-refractivity contribution in [3.05, 3.63) is 84.5 Å². The second-order valence-electron chi connectivity index (χ2n) is 10.0. The van der Waals surface area contributed by atoms with Crippen molar-refractivity contribution in [1.29, 1.82) is 0 Å². The SMILES string of the molecule is CCN(CC)c1ccc(/C=c2/sc3n(c2=O)[C@@H](c2ccccc2OC(C)C)C(C(=O)OCCOC)=C(C)N=3)c(OC)c1. The summed E-state index contributed by atoms with van der Waals surface area (Å²) in [5.41, 5.74) is 2.99. The molecule has 0 saturated carbocycles. The maximum Gasteiger partial charge on any atom is 0.338 e. The highest BCUT2D eigenvalue weighted by molar-refractivity contribution is 7.07. The Kier molecular flexibility index (Phi) is 10.2. The summed E-state index contributed by atoms with van der Waals surface area (Å²) in [5, 5.41) is 0. The summed E-state index contributed by atoms with van der Waals surface area (Å²) in [4.78, 5) is 35.0. The molecule has 0 saturated heterocycles. The molecule has 2 aromatic carbocycles. The number of benzene rings is 2. The summed E-state index contributed by atoms with van der Waals surface area (Å²) in [7, 11) is 3.16. The maximum absolute atomic E-state index is 14.1. The summed E-state index contributed by atoms with van der Waals surface area (Å²) in [6.07, 6.45) is 1.70. The van der Waals surface area contributed by atoms with Crippen molar-refractivity contribution in [3.8, 4) is 11.5 Å². The molecule has 1 aromatic heterocycles. The lowest BCUT2D eigenvalue weighted by Crippen LogP contribution is -2.40.